The quantitative estimate of drug-likeness (QED) is 0.927. The van der Waals surface area contributed by atoms with Gasteiger partial charge in [0.25, 0.3) is 0 Å². The fourth-order valence-corrected chi connectivity index (χ4v) is 3.32. The monoisotopic (exact) mass is 280 g/mol. The summed E-state index contributed by atoms with van der Waals surface area (Å²) in [6, 6.07) is 20.0. The first-order chi connectivity index (χ1) is 10.3. The van der Waals surface area contributed by atoms with Gasteiger partial charge in [-0.1, -0.05) is 48.5 Å². The minimum absolute atomic E-state index is 0.389. The first-order valence-electron chi connectivity index (χ1n) is 7.89. The number of anilines is 1. The molecule has 2 N–H and O–H groups in total. The number of benzene rings is 2. The molecule has 0 amide bonds. The van der Waals surface area contributed by atoms with E-state index >= 15 is 0 Å². The number of hydrogen-bond donors (Lipinski definition) is 1. The summed E-state index contributed by atoms with van der Waals surface area (Å²) >= 11 is 0. The van der Waals surface area contributed by atoms with E-state index in [1.807, 2.05) is 0 Å². The second kappa shape index (κ2) is 6.31. The molecule has 0 saturated carbocycles. The Morgan fingerprint density at radius 2 is 1.81 bits per heavy atom. The molecule has 0 bridgehead atoms. The Labute approximate surface area is 127 Å². The predicted octanol–water partition coefficient (Wildman–Crippen LogP) is 3.57. The number of nitrogens with zero attached hydrogens (tertiary/aromatic N) is 1. The van der Waals surface area contributed by atoms with Gasteiger partial charge in [-0.25, -0.2) is 0 Å². The normalized spacial score (nSPS) is 19.1. The zero-order valence-electron chi connectivity index (χ0n) is 12.7. The van der Waals surface area contributed by atoms with Gasteiger partial charge in [-0.05, 0) is 37.0 Å². The van der Waals surface area contributed by atoms with Crippen LogP contribution in [-0.4, -0.2) is 19.1 Å². The molecule has 110 valence electrons. The van der Waals surface area contributed by atoms with E-state index in [9.17, 15) is 0 Å². The van der Waals surface area contributed by atoms with E-state index in [-0.39, 0.29) is 0 Å². The predicted molar refractivity (Wildman–Crippen MR) is 89.8 cm³/mol. The van der Waals surface area contributed by atoms with Crippen molar-refractivity contribution in [2.24, 2.45) is 5.73 Å². The van der Waals surface area contributed by atoms with Crippen LogP contribution in [0.4, 0.5) is 5.69 Å². The van der Waals surface area contributed by atoms with Crippen LogP contribution in [0.15, 0.2) is 54.6 Å². The Bertz CT molecular complexity index is 579. The molecular formula is C19H24N2. The topological polar surface area (TPSA) is 29.3 Å². The summed E-state index contributed by atoms with van der Waals surface area (Å²) in [7, 11) is 0. The molecule has 2 atom stereocenters. The molecule has 2 heteroatoms. The molecular weight excluding hydrogens is 256 g/mol. The van der Waals surface area contributed by atoms with Crippen molar-refractivity contribution in [3.05, 3.63) is 65.7 Å². The zero-order chi connectivity index (χ0) is 14.7. The second-order valence-electron chi connectivity index (χ2n) is 6.01. The SMILES string of the molecule is CC1CCc2ccccc2N1CC(CN)c1ccccc1. The highest BCUT2D eigenvalue weighted by atomic mass is 15.2. The maximum atomic E-state index is 6.06. The first-order valence-corrected chi connectivity index (χ1v) is 7.89. The summed E-state index contributed by atoms with van der Waals surface area (Å²) in [5, 5.41) is 0. The van der Waals surface area contributed by atoms with Crippen molar-refractivity contribution in [1.82, 2.24) is 0 Å². The average molecular weight is 280 g/mol. The average Bonchev–Trinajstić information content (AvgIpc) is 2.55. The van der Waals surface area contributed by atoms with Gasteiger partial charge in [0, 0.05) is 30.7 Å². The highest BCUT2D eigenvalue weighted by Crippen LogP contribution is 2.32. The smallest absolute Gasteiger partial charge is 0.0401 e. The van der Waals surface area contributed by atoms with Crippen LogP contribution in [0.3, 0.4) is 0 Å². The Morgan fingerprint density at radius 1 is 1.10 bits per heavy atom. The molecule has 2 aromatic carbocycles. The molecule has 0 spiro atoms. The second-order valence-corrected chi connectivity index (χ2v) is 6.01. The lowest BCUT2D eigenvalue weighted by atomic mass is 9.93. The number of para-hydroxylation sites is 1. The number of hydrogen-bond acceptors (Lipinski definition) is 2. The lowest BCUT2D eigenvalue weighted by Gasteiger charge is -2.39. The molecule has 2 nitrogen and oxygen atoms in total. The van der Waals surface area contributed by atoms with E-state index in [0.717, 1.165) is 6.54 Å². The Kier molecular flexibility index (Phi) is 4.26. The van der Waals surface area contributed by atoms with Crippen molar-refractivity contribution in [2.45, 2.75) is 31.7 Å². The highest BCUT2D eigenvalue weighted by Gasteiger charge is 2.25. The Hall–Kier alpha value is -1.80. The van der Waals surface area contributed by atoms with Crippen LogP contribution < -0.4 is 10.6 Å². The summed E-state index contributed by atoms with van der Waals surface area (Å²) in [6.07, 6.45) is 2.41. The minimum atomic E-state index is 0.389. The molecule has 2 aromatic rings. The van der Waals surface area contributed by atoms with E-state index in [4.69, 9.17) is 5.73 Å². The van der Waals surface area contributed by atoms with E-state index in [1.165, 1.54) is 29.7 Å². The van der Waals surface area contributed by atoms with Gasteiger partial charge in [-0.2, -0.15) is 0 Å². The lowest BCUT2D eigenvalue weighted by Crippen LogP contribution is -2.41. The van der Waals surface area contributed by atoms with Crippen LogP contribution >= 0.6 is 0 Å². The molecule has 0 aliphatic carbocycles. The van der Waals surface area contributed by atoms with Crippen LogP contribution in [0, 0.1) is 0 Å². The largest absolute Gasteiger partial charge is 0.368 e. The van der Waals surface area contributed by atoms with E-state index in [2.05, 4.69) is 66.4 Å². The number of fused-ring (bicyclic) bond motifs is 1. The van der Waals surface area contributed by atoms with Gasteiger partial charge >= 0.3 is 0 Å². The summed E-state index contributed by atoms with van der Waals surface area (Å²) < 4.78 is 0. The maximum absolute atomic E-state index is 6.06. The zero-order valence-corrected chi connectivity index (χ0v) is 12.7. The van der Waals surface area contributed by atoms with Crippen LogP contribution in [-0.2, 0) is 6.42 Å². The third kappa shape index (κ3) is 2.96. The van der Waals surface area contributed by atoms with Crippen molar-refractivity contribution in [3.63, 3.8) is 0 Å². The van der Waals surface area contributed by atoms with Crippen LogP contribution in [0.1, 0.15) is 30.4 Å². The van der Waals surface area contributed by atoms with Gasteiger partial charge in [-0.15, -0.1) is 0 Å². The molecule has 0 saturated heterocycles. The fraction of sp³-hybridized carbons (Fsp3) is 0.368. The van der Waals surface area contributed by atoms with Gasteiger partial charge < -0.3 is 10.6 Å². The number of aryl methyl sites for hydroxylation is 1. The summed E-state index contributed by atoms with van der Waals surface area (Å²) in [4.78, 5) is 2.54. The molecule has 1 aliphatic heterocycles. The highest BCUT2D eigenvalue weighted by molar-refractivity contribution is 5.56. The molecule has 1 aliphatic rings. The van der Waals surface area contributed by atoms with Gasteiger partial charge in [0.1, 0.15) is 0 Å². The molecule has 21 heavy (non-hydrogen) atoms. The van der Waals surface area contributed by atoms with Crippen molar-refractivity contribution in [3.8, 4) is 0 Å². The van der Waals surface area contributed by atoms with Gasteiger partial charge in [-0.3, -0.25) is 0 Å². The fourth-order valence-electron chi connectivity index (χ4n) is 3.32. The number of nitrogens with two attached hydrogens (primary N) is 1. The third-order valence-corrected chi connectivity index (χ3v) is 4.64. The van der Waals surface area contributed by atoms with E-state index in [0.29, 0.717) is 18.5 Å². The van der Waals surface area contributed by atoms with E-state index < -0.39 is 0 Å². The first kappa shape index (κ1) is 14.2. The molecule has 0 aromatic heterocycles. The summed E-state index contributed by atoms with van der Waals surface area (Å²) in [5.41, 5.74) is 10.3. The van der Waals surface area contributed by atoms with Gasteiger partial charge in [0.05, 0.1) is 0 Å². The molecule has 2 unspecified atom stereocenters. The molecule has 3 rings (SSSR count). The van der Waals surface area contributed by atoms with Crippen LogP contribution in [0.5, 0.6) is 0 Å². The standard InChI is InChI=1S/C19H24N2/c1-15-11-12-17-9-5-6-10-19(17)21(15)14-18(13-20)16-7-3-2-4-8-16/h2-10,15,18H,11-14,20H2,1H3. The van der Waals surface area contributed by atoms with Gasteiger partial charge in [0.15, 0.2) is 0 Å². The number of rotatable bonds is 4. The Balaban J connectivity index is 1.86. The van der Waals surface area contributed by atoms with Crippen LogP contribution in [0.2, 0.25) is 0 Å². The van der Waals surface area contributed by atoms with Crippen LogP contribution in [0.25, 0.3) is 0 Å². The Morgan fingerprint density at radius 3 is 2.57 bits per heavy atom. The molecule has 0 fully saturated rings. The third-order valence-electron chi connectivity index (χ3n) is 4.64. The molecule has 0 radical (unpaired) electrons. The summed E-state index contributed by atoms with van der Waals surface area (Å²) in [6.45, 7) is 4.02. The van der Waals surface area contributed by atoms with Crippen molar-refractivity contribution in [1.29, 1.82) is 0 Å². The van der Waals surface area contributed by atoms with Crippen molar-refractivity contribution < 1.29 is 0 Å². The van der Waals surface area contributed by atoms with Crippen molar-refractivity contribution >= 4 is 5.69 Å². The van der Waals surface area contributed by atoms with Crippen molar-refractivity contribution in [2.75, 3.05) is 18.0 Å². The maximum Gasteiger partial charge on any atom is 0.0401 e. The van der Waals surface area contributed by atoms with Gasteiger partial charge in [0.2, 0.25) is 0 Å². The molecule has 1 heterocycles. The summed E-state index contributed by atoms with van der Waals surface area (Å²) in [5.74, 6) is 0.389. The minimum Gasteiger partial charge on any atom is -0.368 e. The lowest BCUT2D eigenvalue weighted by molar-refractivity contribution is 0.529. The van der Waals surface area contributed by atoms with E-state index in [1.54, 1.807) is 0 Å².